The van der Waals surface area contributed by atoms with Gasteiger partial charge in [0.1, 0.15) is 16.2 Å². The highest BCUT2D eigenvalue weighted by Gasteiger charge is 2.25. The van der Waals surface area contributed by atoms with Crippen molar-refractivity contribution in [2.75, 3.05) is 25.4 Å². The number of hydrogen-bond acceptors (Lipinski definition) is 7. The van der Waals surface area contributed by atoms with Crippen molar-refractivity contribution in [2.45, 2.75) is 25.3 Å². The number of thioether (sulfide) groups is 1. The maximum absolute atomic E-state index is 12.2. The van der Waals surface area contributed by atoms with Gasteiger partial charge in [0.05, 0.1) is 5.75 Å². The van der Waals surface area contributed by atoms with Crippen molar-refractivity contribution in [1.29, 1.82) is 0 Å². The largest absolute Gasteiger partial charge is 0.455 e. The number of fused-ring (bicyclic) bond motifs is 1. The number of aromatic nitrogens is 2. The summed E-state index contributed by atoms with van der Waals surface area (Å²) in [7, 11) is 0. The molecule has 8 heteroatoms. The molecule has 6 nitrogen and oxygen atoms in total. The Morgan fingerprint density at radius 1 is 1.32 bits per heavy atom. The molecule has 1 amide bonds. The van der Waals surface area contributed by atoms with Gasteiger partial charge in [0, 0.05) is 18.5 Å². The van der Waals surface area contributed by atoms with Crippen LogP contribution in [0.25, 0.3) is 10.2 Å². The van der Waals surface area contributed by atoms with Gasteiger partial charge >= 0.3 is 5.97 Å². The van der Waals surface area contributed by atoms with Gasteiger partial charge in [-0.2, -0.15) is 0 Å². The topological polar surface area (TPSA) is 72.4 Å². The Morgan fingerprint density at radius 3 is 2.84 bits per heavy atom. The summed E-state index contributed by atoms with van der Waals surface area (Å²) in [6.07, 6.45) is 2.63. The molecule has 0 radical (unpaired) electrons. The maximum Gasteiger partial charge on any atom is 0.316 e. The van der Waals surface area contributed by atoms with Crippen LogP contribution in [0.2, 0.25) is 0 Å². The number of ether oxygens (including phenoxy) is 1. The summed E-state index contributed by atoms with van der Waals surface area (Å²) in [6.45, 7) is 5.59. The Labute approximate surface area is 155 Å². The molecule has 0 N–H and O–H groups in total. The zero-order valence-electron chi connectivity index (χ0n) is 14.3. The standard InChI is InChI=1S/C17H21N3O3S2/c1-11-5-12(2)7-20(6-11)14(21)8-23-15(22)9-25-17-13-3-4-24-16(13)18-10-19-17/h3-4,10-12H,5-9H2,1-2H3/t11-,12-/m0/s1. The van der Waals surface area contributed by atoms with E-state index < -0.39 is 5.97 Å². The van der Waals surface area contributed by atoms with E-state index in [1.165, 1.54) is 29.4 Å². The Hall–Kier alpha value is -1.67. The molecular weight excluding hydrogens is 358 g/mol. The normalized spacial score (nSPS) is 20.6. The van der Waals surface area contributed by atoms with Gasteiger partial charge in [0.25, 0.3) is 5.91 Å². The van der Waals surface area contributed by atoms with Gasteiger partial charge in [-0.15, -0.1) is 11.3 Å². The second-order valence-corrected chi connectivity index (χ2v) is 8.37. The van der Waals surface area contributed by atoms with Crippen LogP contribution >= 0.6 is 23.1 Å². The molecule has 2 atom stereocenters. The zero-order valence-corrected chi connectivity index (χ0v) is 15.9. The summed E-state index contributed by atoms with van der Waals surface area (Å²) in [5, 5.41) is 3.65. The van der Waals surface area contributed by atoms with Crippen LogP contribution < -0.4 is 0 Å². The van der Waals surface area contributed by atoms with E-state index in [0.717, 1.165) is 34.8 Å². The highest BCUT2D eigenvalue weighted by Crippen LogP contribution is 2.27. The second-order valence-electron chi connectivity index (χ2n) is 6.51. The molecular formula is C17H21N3O3S2. The third kappa shape index (κ3) is 4.70. The average molecular weight is 380 g/mol. The molecule has 2 aromatic rings. The van der Waals surface area contributed by atoms with Crippen LogP contribution in [-0.4, -0.2) is 52.2 Å². The van der Waals surface area contributed by atoms with Crippen LogP contribution in [0, 0.1) is 11.8 Å². The molecule has 3 rings (SSSR count). The van der Waals surface area contributed by atoms with Gasteiger partial charge in [-0.05, 0) is 29.7 Å². The van der Waals surface area contributed by atoms with Crippen LogP contribution in [0.1, 0.15) is 20.3 Å². The van der Waals surface area contributed by atoms with Crippen LogP contribution in [0.15, 0.2) is 22.8 Å². The van der Waals surface area contributed by atoms with E-state index in [9.17, 15) is 9.59 Å². The maximum atomic E-state index is 12.2. The Balaban J connectivity index is 1.46. The van der Waals surface area contributed by atoms with Crippen LogP contribution in [0.3, 0.4) is 0 Å². The molecule has 1 aliphatic rings. The van der Waals surface area contributed by atoms with Gasteiger partial charge in [0.2, 0.25) is 0 Å². The summed E-state index contributed by atoms with van der Waals surface area (Å²) in [6, 6.07) is 1.94. The molecule has 134 valence electrons. The average Bonchev–Trinajstić information content (AvgIpc) is 3.06. The SMILES string of the molecule is C[C@H]1C[C@H](C)CN(C(=O)COC(=O)CSc2ncnc3sccc23)C1. The van der Waals surface area contributed by atoms with Gasteiger partial charge < -0.3 is 9.64 Å². The minimum absolute atomic E-state index is 0.112. The van der Waals surface area contributed by atoms with Gasteiger partial charge in [-0.1, -0.05) is 25.6 Å². The minimum atomic E-state index is -0.404. The number of thiophene rings is 1. The van der Waals surface area contributed by atoms with E-state index in [1.807, 2.05) is 11.4 Å². The summed E-state index contributed by atoms with van der Waals surface area (Å²) in [5.41, 5.74) is 0. The van der Waals surface area contributed by atoms with Crippen molar-refractivity contribution in [1.82, 2.24) is 14.9 Å². The van der Waals surface area contributed by atoms with E-state index in [2.05, 4.69) is 23.8 Å². The van der Waals surface area contributed by atoms with Crippen molar-refractivity contribution >= 4 is 45.2 Å². The molecule has 0 unspecified atom stereocenters. The van der Waals surface area contributed by atoms with Crippen molar-refractivity contribution in [3.8, 4) is 0 Å². The number of nitrogens with zero attached hydrogens (tertiary/aromatic N) is 3. The van der Waals surface area contributed by atoms with E-state index in [-0.39, 0.29) is 18.3 Å². The lowest BCUT2D eigenvalue weighted by Gasteiger charge is -2.34. The first kappa shape index (κ1) is 18.1. The molecule has 2 aromatic heterocycles. The molecule has 3 heterocycles. The van der Waals surface area contributed by atoms with E-state index in [0.29, 0.717) is 11.8 Å². The third-order valence-corrected chi connectivity index (χ3v) is 5.93. The molecule has 0 aliphatic carbocycles. The lowest BCUT2D eigenvalue weighted by atomic mass is 9.92. The molecule has 0 spiro atoms. The second kappa shape index (κ2) is 8.14. The number of piperidine rings is 1. The minimum Gasteiger partial charge on any atom is -0.455 e. The number of carbonyl (C=O) groups is 2. The number of esters is 1. The van der Waals surface area contributed by atoms with Crippen LogP contribution in [0.4, 0.5) is 0 Å². The first-order valence-electron chi connectivity index (χ1n) is 8.27. The van der Waals surface area contributed by atoms with Crippen molar-refractivity contribution in [3.05, 3.63) is 17.8 Å². The van der Waals surface area contributed by atoms with Crippen LogP contribution in [-0.2, 0) is 14.3 Å². The number of likely N-dealkylation sites (tertiary alicyclic amines) is 1. The summed E-state index contributed by atoms with van der Waals surface area (Å²) >= 11 is 2.84. The molecule has 0 aromatic carbocycles. The first-order valence-corrected chi connectivity index (χ1v) is 10.1. The van der Waals surface area contributed by atoms with Gasteiger partial charge in [0.15, 0.2) is 6.61 Å². The smallest absolute Gasteiger partial charge is 0.316 e. The molecule has 1 saturated heterocycles. The predicted octanol–water partition coefficient (Wildman–Crippen LogP) is 2.83. The van der Waals surface area contributed by atoms with Gasteiger partial charge in [-0.3, -0.25) is 9.59 Å². The molecule has 25 heavy (non-hydrogen) atoms. The van der Waals surface area contributed by atoms with E-state index >= 15 is 0 Å². The number of carbonyl (C=O) groups excluding carboxylic acids is 2. The van der Waals surface area contributed by atoms with E-state index in [4.69, 9.17) is 4.74 Å². The highest BCUT2D eigenvalue weighted by atomic mass is 32.2. The fourth-order valence-corrected chi connectivity index (χ4v) is 4.73. The lowest BCUT2D eigenvalue weighted by molar-refractivity contribution is -0.151. The Kier molecular flexibility index (Phi) is 5.90. The quantitative estimate of drug-likeness (QED) is 0.452. The lowest BCUT2D eigenvalue weighted by Crippen LogP contribution is -2.44. The summed E-state index contributed by atoms with van der Waals surface area (Å²) < 4.78 is 5.15. The fraction of sp³-hybridized carbons (Fsp3) is 0.529. The van der Waals surface area contributed by atoms with Crippen LogP contribution in [0.5, 0.6) is 0 Å². The first-order chi connectivity index (χ1) is 12.0. The zero-order chi connectivity index (χ0) is 17.8. The van der Waals surface area contributed by atoms with E-state index in [1.54, 1.807) is 4.90 Å². The Bertz CT molecular complexity index is 754. The molecule has 1 aliphatic heterocycles. The Morgan fingerprint density at radius 2 is 2.08 bits per heavy atom. The molecule has 0 bridgehead atoms. The van der Waals surface area contributed by atoms with Crippen molar-refractivity contribution < 1.29 is 14.3 Å². The fourth-order valence-electron chi connectivity index (χ4n) is 3.15. The highest BCUT2D eigenvalue weighted by molar-refractivity contribution is 8.00. The third-order valence-electron chi connectivity index (χ3n) is 4.13. The number of rotatable bonds is 5. The molecule has 0 saturated carbocycles. The summed E-state index contributed by atoms with van der Waals surface area (Å²) in [5.74, 6) is 0.592. The number of amides is 1. The van der Waals surface area contributed by atoms with Gasteiger partial charge in [-0.25, -0.2) is 9.97 Å². The van der Waals surface area contributed by atoms with Crippen molar-refractivity contribution in [3.63, 3.8) is 0 Å². The number of hydrogen-bond donors (Lipinski definition) is 0. The van der Waals surface area contributed by atoms with Crippen molar-refractivity contribution in [2.24, 2.45) is 11.8 Å². The monoisotopic (exact) mass is 379 g/mol. The molecule has 1 fully saturated rings. The predicted molar refractivity (Wildman–Crippen MR) is 98.6 cm³/mol. The summed E-state index contributed by atoms with van der Waals surface area (Å²) in [4.78, 5) is 35.3.